The maximum absolute atomic E-state index is 12.6. The molecule has 0 saturated carbocycles. The zero-order valence-electron chi connectivity index (χ0n) is 14.8. The molecule has 0 unspecified atom stereocenters. The van der Waals surface area contributed by atoms with E-state index >= 15 is 0 Å². The van der Waals surface area contributed by atoms with E-state index in [4.69, 9.17) is 32.7 Å². The van der Waals surface area contributed by atoms with E-state index in [1.54, 1.807) is 48.4 Å². The summed E-state index contributed by atoms with van der Waals surface area (Å²) in [6, 6.07) is 9.99. The second-order valence-electron chi connectivity index (χ2n) is 6.06. The molecule has 1 saturated heterocycles. The van der Waals surface area contributed by atoms with Crippen molar-refractivity contribution in [3.63, 3.8) is 0 Å². The highest BCUT2D eigenvalue weighted by atomic mass is 35.5. The van der Waals surface area contributed by atoms with Crippen molar-refractivity contribution in [2.75, 3.05) is 31.0 Å². The molecule has 1 heterocycles. The molecule has 6 nitrogen and oxygen atoms in total. The number of hydrogen-bond donors (Lipinski definition) is 1. The van der Waals surface area contributed by atoms with Crippen molar-refractivity contribution in [3.05, 3.63) is 46.4 Å². The molecule has 8 heteroatoms. The molecule has 1 fully saturated rings. The van der Waals surface area contributed by atoms with Gasteiger partial charge in [0.25, 0.3) is 0 Å². The SMILES string of the molecule is COc1ccc(N2C[C@H](C(=O)Nc3cc(Cl)ccc3Cl)CC2=O)c(OC)c1. The van der Waals surface area contributed by atoms with Crippen LogP contribution in [0, 0.1) is 5.92 Å². The smallest absolute Gasteiger partial charge is 0.229 e. The lowest BCUT2D eigenvalue weighted by atomic mass is 10.1. The van der Waals surface area contributed by atoms with E-state index in [1.807, 2.05) is 0 Å². The van der Waals surface area contributed by atoms with Gasteiger partial charge in [-0.15, -0.1) is 0 Å². The van der Waals surface area contributed by atoms with Crippen LogP contribution in [0.3, 0.4) is 0 Å². The number of hydrogen-bond acceptors (Lipinski definition) is 4. The average Bonchev–Trinajstić information content (AvgIpc) is 3.05. The number of carbonyl (C=O) groups is 2. The van der Waals surface area contributed by atoms with Crippen molar-refractivity contribution >= 4 is 46.4 Å². The van der Waals surface area contributed by atoms with Crippen LogP contribution in [-0.2, 0) is 9.59 Å². The van der Waals surface area contributed by atoms with Gasteiger partial charge in [0.05, 0.1) is 36.5 Å². The first-order chi connectivity index (χ1) is 12.9. The van der Waals surface area contributed by atoms with E-state index in [2.05, 4.69) is 5.32 Å². The number of halogens is 2. The zero-order valence-corrected chi connectivity index (χ0v) is 16.3. The van der Waals surface area contributed by atoms with Crippen LogP contribution in [-0.4, -0.2) is 32.6 Å². The van der Waals surface area contributed by atoms with E-state index in [9.17, 15) is 9.59 Å². The lowest BCUT2D eigenvalue weighted by molar-refractivity contribution is -0.122. The van der Waals surface area contributed by atoms with Gasteiger partial charge in [-0.3, -0.25) is 9.59 Å². The maximum Gasteiger partial charge on any atom is 0.229 e. The van der Waals surface area contributed by atoms with Gasteiger partial charge in [0.15, 0.2) is 0 Å². The number of benzene rings is 2. The Labute approximate surface area is 167 Å². The van der Waals surface area contributed by atoms with Gasteiger partial charge in [0, 0.05) is 24.1 Å². The van der Waals surface area contributed by atoms with Crippen molar-refractivity contribution < 1.29 is 19.1 Å². The monoisotopic (exact) mass is 408 g/mol. The van der Waals surface area contributed by atoms with Crippen LogP contribution >= 0.6 is 23.2 Å². The van der Waals surface area contributed by atoms with E-state index in [0.717, 1.165) is 0 Å². The first-order valence-corrected chi connectivity index (χ1v) is 8.97. The molecule has 0 aromatic heterocycles. The van der Waals surface area contributed by atoms with Gasteiger partial charge in [0.2, 0.25) is 11.8 Å². The highest BCUT2D eigenvalue weighted by molar-refractivity contribution is 6.35. The third kappa shape index (κ3) is 4.12. The number of anilines is 2. The van der Waals surface area contributed by atoms with Crippen molar-refractivity contribution in [3.8, 4) is 11.5 Å². The highest BCUT2D eigenvalue weighted by Gasteiger charge is 2.36. The molecule has 2 amide bonds. The van der Waals surface area contributed by atoms with Crippen molar-refractivity contribution in [1.29, 1.82) is 0 Å². The second-order valence-corrected chi connectivity index (χ2v) is 6.90. The number of nitrogens with one attached hydrogen (secondary N) is 1. The standard InChI is InChI=1S/C19H18Cl2N2O4/c1-26-13-4-6-16(17(9-13)27-2)23-10-11(7-18(23)24)19(25)22-15-8-12(20)3-5-14(15)21/h3-6,8-9,11H,7,10H2,1-2H3,(H,22,25)/t11-/m1/s1. The number of ether oxygens (including phenoxy) is 2. The van der Waals surface area contributed by atoms with Gasteiger partial charge in [-0.05, 0) is 30.3 Å². The van der Waals surface area contributed by atoms with Gasteiger partial charge in [-0.1, -0.05) is 23.2 Å². The first-order valence-electron chi connectivity index (χ1n) is 8.21. The maximum atomic E-state index is 12.6. The number of nitrogens with zero attached hydrogens (tertiary/aromatic N) is 1. The highest BCUT2D eigenvalue weighted by Crippen LogP contribution is 2.36. The van der Waals surface area contributed by atoms with Crippen molar-refractivity contribution in [1.82, 2.24) is 0 Å². The van der Waals surface area contributed by atoms with Gasteiger partial charge < -0.3 is 19.7 Å². The molecule has 0 aliphatic carbocycles. The molecule has 1 aliphatic rings. The summed E-state index contributed by atoms with van der Waals surface area (Å²) in [5, 5.41) is 3.59. The Bertz CT molecular complexity index is 888. The van der Waals surface area contributed by atoms with Crippen LogP contribution in [0.2, 0.25) is 10.0 Å². The van der Waals surface area contributed by atoms with Crippen LogP contribution in [0.5, 0.6) is 11.5 Å². The fourth-order valence-electron chi connectivity index (χ4n) is 2.95. The Morgan fingerprint density at radius 1 is 1.15 bits per heavy atom. The molecule has 1 N–H and O–H groups in total. The fraction of sp³-hybridized carbons (Fsp3) is 0.263. The minimum atomic E-state index is -0.514. The van der Waals surface area contributed by atoms with Crippen LogP contribution in [0.25, 0.3) is 0 Å². The lowest BCUT2D eigenvalue weighted by Crippen LogP contribution is -2.28. The molecule has 0 bridgehead atoms. The number of amides is 2. The summed E-state index contributed by atoms with van der Waals surface area (Å²) in [7, 11) is 3.07. The van der Waals surface area contributed by atoms with Crippen molar-refractivity contribution in [2.24, 2.45) is 5.92 Å². The predicted octanol–water partition coefficient (Wildman–Crippen LogP) is 4.00. The molecular formula is C19H18Cl2N2O4. The molecule has 27 heavy (non-hydrogen) atoms. The van der Waals surface area contributed by atoms with Crippen LogP contribution in [0.15, 0.2) is 36.4 Å². The van der Waals surface area contributed by atoms with Gasteiger partial charge in [-0.2, -0.15) is 0 Å². The van der Waals surface area contributed by atoms with Gasteiger partial charge in [-0.25, -0.2) is 0 Å². The van der Waals surface area contributed by atoms with E-state index in [-0.39, 0.29) is 24.8 Å². The Balaban J connectivity index is 1.77. The molecule has 2 aromatic rings. The Morgan fingerprint density at radius 3 is 2.63 bits per heavy atom. The molecule has 142 valence electrons. The Hall–Kier alpha value is -2.44. The largest absolute Gasteiger partial charge is 0.497 e. The Kier molecular flexibility index (Phi) is 5.77. The zero-order chi connectivity index (χ0) is 19.6. The fourth-order valence-corrected chi connectivity index (χ4v) is 3.29. The molecule has 0 radical (unpaired) electrons. The van der Waals surface area contributed by atoms with Crippen LogP contribution in [0.1, 0.15) is 6.42 Å². The normalized spacial score (nSPS) is 16.4. The Morgan fingerprint density at radius 2 is 1.93 bits per heavy atom. The topological polar surface area (TPSA) is 67.9 Å². The van der Waals surface area contributed by atoms with E-state index in [0.29, 0.717) is 32.9 Å². The first kappa shape index (κ1) is 19.3. The molecule has 3 rings (SSSR count). The third-order valence-corrected chi connectivity index (χ3v) is 4.92. The third-order valence-electron chi connectivity index (χ3n) is 4.36. The molecular weight excluding hydrogens is 391 g/mol. The van der Waals surface area contributed by atoms with Gasteiger partial charge >= 0.3 is 0 Å². The quantitative estimate of drug-likeness (QED) is 0.811. The second kappa shape index (κ2) is 8.06. The predicted molar refractivity (Wildman–Crippen MR) is 105 cm³/mol. The summed E-state index contributed by atoms with van der Waals surface area (Å²) in [5.74, 6) is 0.159. The summed E-state index contributed by atoms with van der Waals surface area (Å²) < 4.78 is 10.5. The van der Waals surface area contributed by atoms with E-state index in [1.165, 1.54) is 7.11 Å². The summed E-state index contributed by atoms with van der Waals surface area (Å²) in [4.78, 5) is 26.7. The number of rotatable bonds is 5. The summed E-state index contributed by atoms with van der Waals surface area (Å²) in [6.45, 7) is 0.242. The number of methoxy groups -OCH3 is 2. The molecule has 0 spiro atoms. The van der Waals surface area contributed by atoms with Crippen LogP contribution < -0.4 is 19.7 Å². The molecule has 2 aromatic carbocycles. The average molecular weight is 409 g/mol. The lowest BCUT2D eigenvalue weighted by Gasteiger charge is -2.20. The van der Waals surface area contributed by atoms with E-state index < -0.39 is 5.92 Å². The van der Waals surface area contributed by atoms with Gasteiger partial charge in [0.1, 0.15) is 11.5 Å². The van der Waals surface area contributed by atoms with Crippen molar-refractivity contribution in [2.45, 2.75) is 6.42 Å². The minimum Gasteiger partial charge on any atom is -0.497 e. The minimum absolute atomic E-state index is 0.0964. The molecule has 1 atom stereocenters. The summed E-state index contributed by atoms with van der Waals surface area (Å²) >= 11 is 12.0. The number of carbonyl (C=O) groups excluding carboxylic acids is 2. The summed E-state index contributed by atoms with van der Waals surface area (Å²) in [5.41, 5.74) is 1.02. The summed E-state index contributed by atoms with van der Waals surface area (Å²) in [6.07, 6.45) is 0.0964. The van der Waals surface area contributed by atoms with Crippen LogP contribution in [0.4, 0.5) is 11.4 Å². The molecule has 1 aliphatic heterocycles.